The van der Waals surface area contributed by atoms with Crippen LogP contribution in [0.5, 0.6) is 0 Å². The molecule has 3 nitrogen and oxygen atoms in total. The molecule has 0 aliphatic carbocycles. The van der Waals surface area contributed by atoms with Gasteiger partial charge in [0.2, 0.25) is 5.91 Å². The van der Waals surface area contributed by atoms with Gasteiger partial charge in [-0.05, 0) is 31.4 Å². The number of amides is 1. The lowest BCUT2D eigenvalue weighted by atomic mass is 10.1. The first-order valence-electron chi connectivity index (χ1n) is 6.71. The Balaban J connectivity index is 1.76. The molecule has 0 spiro atoms. The average molecular weight is 246 g/mol. The van der Waals surface area contributed by atoms with Crippen molar-refractivity contribution in [3.05, 3.63) is 35.4 Å². The van der Waals surface area contributed by atoms with Crippen molar-refractivity contribution in [1.82, 2.24) is 10.6 Å². The molecule has 2 rings (SSSR count). The van der Waals surface area contributed by atoms with E-state index in [2.05, 4.69) is 48.7 Å². The first kappa shape index (κ1) is 13.1. The summed E-state index contributed by atoms with van der Waals surface area (Å²) in [5, 5.41) is 6.40. The maximum atomic E-state index is 11.8. The van der Waals surface area contributed by atoms with Crippen molar-refractivity contribution < 1.29 is 4.79 Å². The fourth-order valence-corrected chi connectivity index (χ4v) is 2.29. The molecule has 98 valence electrons. The normalized spacial score (nSPS) is 23.0. The summed E-state index contributed by atoms with van der Waals surface area (Å²) >= 11 is 0. The van der Waals surface area contributed by atoms with Gasteiger partial charge >= 0.3 is 0 Å². The van der Waals surface area contributed by atoms with Crippen LogP contribution in [0.15, 0.2) is 24.3 Å². The Labute approximate surface area is 109 Å². The van der Waals surface area contributed by atoms with Gasteiger partial charge in [0.1, 0.15) is 0 Å². The standard InChI is InChI=1S/C15H22N2O/c1-11-3-5-13(6-4-11)7-8-15(18)17-14-10-16-9-12(14)2/h3-6,12,14,16H,7-10H2,1-2H3,(H,17,18). The molecule has 1 aromatic carbocycles. The second kappa shape index (κ2) is 6.01. The van der Waals surface area contributed by atoms with Crippen LogP contribution in [0.2, 0.25) is 0 Å². The number of hydrogen-bond acceptors (Lipinski definition) is 2. The van der Waals surface area contributed by atoms with E-state index in [1.807, 2.05) is 0 Å². The van der Waals surface area contributed by atoms with Crippen molar-refractivity contribution in [3.63, 3.8) is 0 Å². The zero-order valence-corrected chi connectivity index (χ0v) is 11.2. The summed E-state index contributed by atoms with van der Waals surface area (Å²) in [6, 6.07) is 8.69. The van der Waals surface area contributed by atoms with E-state index >= 15 is 0 Å². The van der Waals surface area contributed by atoms with E-state index in [4.69, 9.17) is 0 Å². The molecule has 1 aliphatic rings. The number of rotatable bonds is 4. The molecule has 1 aliphatic heterocycles. The number of nitrogens with one attached hydrogen (secondary N) is 2. The van der Waals surface area contributed by atoms with Crippen molar-refractivity contribution >= 4 is 5.91 Å². The quantitative estimate of drug-likeness (QED) is 0.848. The molecule has 2 N–H and O–H groups in total. The topological polar surface area (TPSA) is 41.1 Å². The van der Waals surface area contributed by atoms with E-state index < -0.39 is 0 Å². The third kappa shape index (κ3) is 3.57. The number of carbonyl (C=O) groups excluding carboxylic acids is 1. The molecule has 2 unspecified atom stereocenters. The number of carbonyl (C=O) groups is 1. The predicted molar refractivity (Wildman–Crippen MR) is 73.5 cm³/mol. The minimum Gasteiger partial charge on any atom is -0.352 e. The van der Waals surface area contributed by atoms with Crippen molar-refractivity contribution in [2.24, 2.45) is 5.92 Å². The molecule has 0 radical (unpaired) electrons. The number of aryl methyl sites for hydroxylation is 2. The highest BCUT2D eigenvalue weighted by atomic mass is 16.1. The summed E-state index contributed by atoms with van der Waals surface area (Å²) in [4.78, 5) is 11.8. The molecule has 0 aromatic heterocycles. The molecule has 1 fully saturated rings. The van der Waals surface area contributed by atoms with Gasteiger partial charge in [0, 0.05) is 19.0 Å². The van der Waals surface area contributed by atoms with Gasteiger partial charge in [-0.25, -0.2) is 0 Å². The molecule has 18 heavy (non-hydrogen) atoms. The molecule has 3 heteroatoms. The number of hydrogen-bond donors (Lipinski definition) is 2. The average Bonchev–Trinajstić information content (AvgIpc) is 2.74. The van der Waals surface area contributed by atoms with E-state index in [9.17, 15) is 4.79 Å². The zero-order valence-electron chi connectivity index (χ0n) is 11.2. The second-order valence-corrected chi connectivity index (χ2v) is 5.30. The summed E-state index contributed by atoms with van der Waals surface area (Å²) in [5.74, 6) is 0.699. The molecular formula is C15H22N2O. The lowest BCUT2D eigenvalue weighted by molar-refractivity contribution is -0.121. The lowest BCUT2D eigenvalue weighted by Gasteiger charge is -2.16. The van der Waals surface area contributed by atoms with Crippen LogP contribution in [0.4, 0.5) is 0 Å². The minimum absolute atomic E-state index is 0.163. The molecule has 0 bridgehead atoms. The Morgan fingerprint density at radius 1 is 1.33 bits per heavy atom. The van der Waals surface area contributed by atoms with Crippen LogP contribution in [0, 0.1) is 12.8 Å². The van der Waals surface area contributed by atoms with Crippen molar-refractivity contribution in [2.75, 3.05) is 13.1 Å². The largest absolute Gasteiger partial charge is 0.352 e. The minimum atomic E-state index is 0.163. The van der Waals surface area contributed by atoms with Crippen LogP contribution in [-0.4, -0.2) is 25.0 Å². The third-order valence-electron chi connectivity index (χ3n) is 3.63. The van der Waals surface area contributed by atoms with Crippen LogP contribution in [-0.2, 0) is 11.2 Å². The Morgan fingerprint density at radius 2 is 2.06 bits per heavy atom. The zero-order chi connectivity index (χ0) is 13.0. The highest BCUT2D eigenvalue weighted by Crippen LogP contribution is 2.09. The molecule has 1 aromatic rings. The van der Waals surface area contributed by atoms with Crippen LogP contribution < -0.4 is 10.6 Å². The van der Waals surface area contributed by atoms with Gasteiger partial charge in [-0.2, -0.15) is 0 Å². The SMILES string of the molecule is Cc1ccc(CCC(=O)NC2CNCC2C)cc1. The third-order valence-corrected chi connectivity index (χ3v) is 3.63. The van der Waals surface area contributed by atoms with Gasteiger partial charge in [-0.1, -0.05) is 36.8 Å². The highest BCUT2D eigenvalue weighted by molar-refractivity contribution is 5.76. The fraction of sp³-hybridized carbons (Fsp3) is 0.533. The Hall–Kier alpha value is -1.35. The highest BCUT2D eigenvalue weighted by Gasteiger charge is 2.23. The lowest BCUT2D eigenvalue weighted by Crippen LogP contribution is -2.39. The van der Waals surface area contributed by atoms with Crippen molar-refractivity contribution in [1.29, 1.82) is 0 Å². The van der Waals surface area contributed by atoms with Crippen LogP contribution in [0.1, 0.15) is 24.5 Å². The molecule has 1 heterocycles. The maximum absolute atomic E-state index is 11.8. The predicted octanol–water partition coefficient (Wildman–Crippen LogP) is 1.65. The fourth-order valence-electron chi connectivity index (χ4n) is 2.29. The van der Waals surface area contributed by atoms with Gasteiger partial charge in [0.15, 0.2) is 0 Å². The van der Waals surface area contributed by atoms with Gasteiger partial charge in [-0.3, -0.25) is 4.79 Å². The molecular weight excluding hydrogens is 224 g/mol. The molecule has 1 amide bonds. The Morgan fingerprint density at radius 3 is 2.67 bits per heavy atom. The molecule has 1 saturated heterocycles. The van der Waals surface area contributed by atoms with E-state index in [1.165, 1.54) is 11.1 Å². The smallest absolute Gasteiger partial charge is 0.220 e. The molecule has 0 saturated carbocycles. The number of benzene rings is 1. The van der Waals surface area contributed by atoms with E-state index in [0.717, 1.165) is 19.5 Å². The summed E-state index contributed by atoms with van der Waals surface area (Å²) < 4.78 is 0. The maximum Gasteiger partial charge on any atom is 0.220 e. The Kier molecular flexibility index (Phi) is 4.37. The van der Waals surface area contributed by atoms with E-state index in [0.29, 0.717) is 18.4 Å². The van der Waals surface area contributed by atoms with Gasteiger partial charge in [-0.15, -0.1) is 0 Å². The van der Waals surface area contributed by atoms with E-state index in [-0.39, 0.29) is 5.91 Å². The summed E-state index contributed by atoms with van der Waals surface area (Å²) in [5.41, 5.74) is 2.49. The monoisotopic (exact) mass is 246 g/mol. The van der Waals surface area contributed by atoms with Gasteiger partial charge < -0.3 is 10.6 Å². The van der Waals surface area contributed by atoms with E-state index in [1.54, 1.807) is 0 Å². The Bertz CT molecular complexity index is 399. The summed E-state index contributed by atoms with van der Waals surface area (Å²) in [6.45, 7) is 6.15. The van der Waals surface area contributed by atoms with Crippen LogP contribution in [0.25, 0.3) is 0 Å². The van der Waals surface area contributed by atoms with Crippen LogP contribution >= 0.6 is 0 Å². The van der Waals surface area contributed by atoms with Crippen LogP contribution in [0.3, 0.4) is 0 Å². The molecule has 2 atom stereocenters. The van der Waals surface area contributed by atoms with Gasteiger partial charge in [0.05, 0.1) is 0 Å². The summed E-state index contributed by atoms with van der Waals surface area (Å²) in [6.07, 6.45) is 1.40. The summed E-state index contributed by atoms with van der Waals surface area (Å²) in [7, 11) is 0. The van der Waals surface area contributed by atoms with Crippen molar-refractivity contribution in [2.45, 2.75) is 32.7 Å². The first-order chi connectivity index (χ1) is 8.65. The second-order valence-electron chi connectivity index (χ2n) is 5.30. The van der Waals surface area contributed by atoms with Crippen molar-refractivity contribution in [3.8, 4) is 0 Å². The first-order valence-corrected chi connectivity index (χ1v) is 6.71. The van der Waals surface area contributed by atoms with Gasteiger partial charge in [0.25, 0.3) is 0 Å².